The molecule has 0 aromatic heterocycles. The van der Waals surface area contributed by atoms with E-state index in [1.54, 1.807) is 0 Å². The van der Waals surface area contributed by atoms with E-state index in [2.05, 4.69) is 227 Å². The van der Waals surface area contributed by atoms with Gasteiger partial charge in [0.05, 0.1) is 0 Å². The van der Waals surface area contributed by atoms with Crippen LogP contribution in [0.25, 0.3) is 11.1 Å². The van der Waals surface area contributed by atoms with Crippen LogP contribution in [-0.2, 0) is 0 Å². The molecule has 0 amide bonds. The summed E-state index contributed by atoms with van der Waals surface area (Å²) in [6.45, 7) is -1.52. The molecule has 3 aliphatic rings. The van der Waals surface area contributed by atoms with Gasteiger partial charge in [-0.05, 0) is 122 Å². The van der Waals surface area contributed by atoms with Crippen molar-refractivity contribution in [2.45, 2.75) is 13.8 Å². The lowest BCUT2D eigenvalue weighted by atomic mass is 9.37. The highest BCUT2D eigenvalue weighted by molar-refractivity contribution is 7.21. The molecule has 0 aliphatic carbocycles. The van der Waals surface area contributed by atoms with Crippen molar-refractivity contribution in [3.05, 3.63) is 266 Å². The minimum atomic E-state index is -3.26. The van der Waals surface area contributed by atoms with Crippen molar-refractivity contribution in [2.75, 3.05) is 14.2 Å². The summed E-state index contributed by atoms with van der Waals surface area (Å²) in [7, 11) is -3.26. The zero-order valence-electron chi connectivity index (χ0n) is 42.1. The molecule has 1 spiro atoms. The fraction of sp³-hybridized carbons (Fsp3) is 0.0323. The topological polar surface area (TPSA) is 28.2 Å². The molecule has 3 aliphatic heterocycles. The summed E-state index contributed by atoms with van der Waals surface area (Å²) in [5.41, 5.74) is 8.81. The Bertz CT molecular complexity index is 3540. The van der Waals surface area contributed by atoms with E-state index < -0.39 is 28.9 Å². The van der Waals surface area contributed by atoms with Crippen LogP contribution in [0.2, 0.25) is 0 Å². The van der Waals surface area contributed by atoms with Crippen LogP contribution in [-0.4, -0.2) is 29.0 Å². The van der Waals surface area contributed by atoms with Gasteiger partial charge in [-0.1, -0.05) is 200 Å². The zero-order chi connectivity index (χ0) is 50.0. The molecule has 5 nitrogen and oxygen atoms in total. The molecule has 13 rings (SSSR count). The zero-order valence-corrected chi connectivity index (χ0v) is 40.1. The van der Waals surface area contributed by atoms with Crippen LogP contribution in [0.15, 0.2) is 255 Å². The molecule has 10 aromatic rings. The van der Waals surface area contributed by atoms with Gasteiger partial charge in [0.1, 0.15) is 23.0 Å². The predicted octanol–water partition coefficient (Wildman–Crippen LogP) is 9.58. The number of anilines is 3. The number of fused-ring (bicyclic) bond motifs is 8. The summed E-state index contributed by atoms with van der Waals surface area (Å²) in [5, 5.41) is 4.25. The average Bonchev–Trinajstić information content (AvgIpc) is 3.48. The van der Waals surface area contributed by atoms with E-state index in [1.165, 1.54) is 0 Å². The first-order valence-electron chi connectivity index (χ1n) is 25.8. The van der Waals surface area contributed by atoms with Crippen molar-refractivity contribution in [1.82, 2.24) is 0 Å². The monoisotopic (exact) mass is 930 g/mol. The second kappa shape index (κ2) is 17.5. The predicted molar refractivity (Wildman–Crippen MR) is 301 cm³/mol. The summed E-state index contributed by atoms with van der Waals surface area (Å²) < 4.78 is 49.6. The molecule has 0 atom stereocenters. The lowest BCUT2D eigenvalue weighted by Gasteiger charge is -2.57. The van der Waals surface area contributed by atoms with Crippen molar-refractivity contribution >= 4 is 83.2 Å². The van der Waals surface area contributed by atoms with E-state index >= 15 is 0 Å². The van der Waals surface area contributed by atoms with E-state index in [0.29, 0.717) is 17.1 Å². The van der Waals surface area contributed by atoms with E-state index in [1.807, 2.05) is 48.5 Å². The van der Waals surface area contributed by atoms with Crippen LogP contribution in [0.5, 0.6) is 23.0 Å². The second-order valence-electron chi connectivity index (χ2n) is 18.6. The Morgan fingerprint density at radius 1 is 0.366 bits per heavy atom. The number of rotatable bonds is 7. The van der Waals surface area contributed by atoms with Crippen molar-refractivity contribution in [3.8, 4) is 34.1 Å². The molecule has 0 N–H and O–H groups in total. The van der Waals surface area contributed by atoms with Gasteiger partial charge < -0.3 is 23.6 Å². The van der Waals surface area contributed by atoms with Crippen LogP contribution in [0.4, 0.5) is 17.1 Å². The smallest absolute Gasteiger partial charge is 0.388 e. The molecule has 0 bridgehead atoms. The Balaban J connectivity index is 1.12. The maximum Gasteiger partial charge on any atom is 0.388 e. The molecule has 10 aromatic carbocycles. The summed E-state index contributed by atoms with van der Waals surface area (Å²) in [6.07, 6.45) is 0. The molecule has 71 heavy (non-hydrogen) atoms. The Morgan fingerprint density at radius 2 is 0.746 bits per heavy atom. The van der Waals surface area contributed by atoms with Gasteiger partial charge in [0.25, 0.3) is 0 Å². The molecular formula is C62H48B3N3O2Si. The third-order valence-corrected chi connectivity index (χ3v) is 19.5. The van der Waals surface area contributed by atoms with Crippen LogP contribution in [0, 0.1) is 13.8 Å². The molecule has 3 heterocycles. The summed E-state index contributed by atoms with van der Waals surface area (Å²) in [6, 6.07) is 89.2. The van der Waals surface area contributed by atoms with Crippen molar-refractivity contribution in [1.29, 1.82) is 0 Å². The van der Waals surface area contributed by atoms with Gasteiger partial charge in [-0.15, -0.1) is 0 Å². The summed E-state index contributed by atoms with van der Waals surface area (Å²) >= 11 is 0. The number of nitrogens with zero attached hydrogens (tertiary/aromatic N) is 3. The Hall–Kier alpha value is -8.39. The highest BCUT2D eigenvalue weighted by atomic mass is 28.3. The van der Waals surface area contributed by atoms with Crippen molar-refractivity contribution < 1.29 is 13.6 Å². The van der Waals surface area contributed by atoms with E-state index in [-0.39, 0.29) is 12.5 Å². The van der Waals surface area contributed by atoms with E-state index in [9.17, 15) is 4.11 Å². The van der Waals surface area contributed by atoms with Gasteiger partial charge in [-0.2, -0.15) is 0 Å². The third-order valence-electron chi connectivity index (χ3n) is 14.6. The molecule has 1 fully saturated rings. The first kappa shape index (κ1) is 39.5. The molecule has 336 valence electrons. The van der Waals surface area contributed by atoms with Crippen LogP contribution >= 0.6 is 0 Å². The number of para-hydroxylation sites is 5. The fourth-order valence-corrected chi connectivity index (χ4v) is 16.8. The molecule has 9 heteroatoms. The Kier molecular flexibility index (Phi) is 9.75. The molecule has 0 saturated carbocycles. The van der Waals surface area contributed by atoms with Crippen LogP contribution in [0.3, 0.4) is 0 Å². The standard InChI is InChI=1S/C62H48B3N3O2Si/c1-45-40-42-52(44-53(45)61-46(2)41-43-60-62(61)70-56-36-20-23-39-59(56)71(60)57-37-21-18-34-54(57)69-55-35-19-22-38-58(55)71)68-64(48-26-10-4-11-27-48)66(50-30-14-6-15-31-50)63(47-24-8-3-9-25-47)67(51-32-16-7-17-33-51)65(68)49-28-12-5-13-29-49/h3-44H,1-2H3/i2D3. The summed E-state index contributed by atoms with van der Waals surface area (Å²) in [4.78, 5) is 0. The SMILES string of the molecule is [2H]C([2H])([2H])c1ccc2c(c1-c1cc(N3B(c4ccccc4)N(c4ccccc4)B(c4ccccc4)N(c4ccccc4)B3c3ccccc3)ccc1C)Oc1ccccc1[Si]21c2ccccc2Oc2ccccc21. The molecular weight excluding hydrogens is 879 g/mol. The maximum absolute atomic E-state index is 9.30. The second-order valence-corrected chi connectivity index (χ2v) is 22.2. The number of aryl methyl sites for hydroxylation is 2. The van der Waals surface area contributed by atoms with Gasteiger partial charge >= 0.3 is 20.9 Å². The molecule has 1 saturated heterocycles. The van der Waals surface area contributed by atoms with Crippen LogP contribution in [0.1, 0.15) is 15.2 Å². The largest absolute Gasteiger partial charge is 0.458 e. The number of hydrogen-bond donors (Lipinski definition) is 0. The molecule has 0 unspecified atom stereocenters. The van der Waals surface area contributed by atoms with Crippen molar-refractivity contribution in [3.63, 3.8) is 0 Å². The van der Waals surface area contributed by atoms with Gasteiger partial charge in [-0.3, -0.25) is 0 Å². The maximum atomic E-state index is 9.30. The molecule has 0 radical (unpaired) electrons. The first-order chi connectivity index (χ1) is 36.3. The minimum absolute atomic E-state index is 0.229. The highest BCUT2D eigenvalue weighted by Crippen LogP contribution is 2.44. The Labute approximate surface area is 422 Å². The first-order valence-corrected chi connectivity index (χ1v) is 26.3. The summed E-state index contributed by atoms with van der Waals surface area (Å²) in [5.74, 6) is 2.87. The fourth-order valence-electron chi connectivity index (χ4n) is 11.7. The van der Waals surface area contributed by atoms with E-state index in [4.69, 9.17) is 9.47 Å². The quantitative estimate of drug-likeness (QED) is 0.149. The average molecular weight is 931 g/mol. The number of benzene rings is 10. The number of ether oxygens (including phenoxy) is 2. The minimum Gasteiger partial charge on any atom is -0.458 e. The van der Waals surface area contributed by atoms with Gasteiger partial charge in [0, 0.05) is 26.7 Å². The van der Waals surface area contributed by atoms with Crippen molar-refractivity contribution in [2.24, 2.45) is 0 Å². The van der Waals surface area contributed by atoms with Gasteiger partial charge in [0.15, 0.2) is 8.07 Å². The normalized spacial score (nSPS) is 15.0. The van der Waals surface area contributed by atoms with Gasteiger partial charge in [0.2, 0.25) is 0 Å². The van der Waals surface area contributed by atoms with Crippen LogP contribution < -0.4 is 60.8 Å². The van der Waals surface area contributed by atoms with Gasteiger partial charge in [-0.25, -0.2) is 0 Å². The van der Waals surface area contributed by atoms with E-state index in [0.717, 1.165) is 76.8 Å². The lowest BCUT2D eigenvalue weighted by molar-refractivity contribution is 0.482. The lowest BCUT2D eigenvalue weighted by Crippen LogP contribution is -2.86. The third kappa shape index (κ3) is 6.86. The number of hydrogen-bond acceptors (Lipinski definition) is 5. The highest BCUT2D eigenvalue weighted by Gasteiger charge is 2.57. The Morgan fingerprint density at radius 3 is 1.20 bits per heavy atom.